The molecule has 1 atom stereocenters. The van der Waals surface area contributed by atoms with Crippen LogP contribution >= 0.6 is 0 Å². The van der Waals surface area contributed by atoms with Gasteiger partial charge in [0, 0.05) is 6.20 Å². The van der Waals surface area contributed by atoms with Crippen LogP contribution in [0, 0.1) is 5.82 Å². The van der Waals surface area contributed by atoms with E-state index in [1.54, 1.807) is 31.6 Å². The molecule has 3 nitrogen and oxygen atoms in total. The van der Waals surface area contributed by atoms with E-state index >= 15 is 0 Å². The van der Waals surface area contributed by atoms with Gasteiger partial charge in [-0.2, -0.15) is 0 Å². The van der Waals surface area contributed by atoms with Gasteiger partial charge >= 0.3 is 0 Å². The normalized spacial score (nSPS) is 12.2. The van der Waals surface area contributed by atoms with Gasteiger partial charge in [-0.1, -0.05) is 19.1 Å². The van der Waals surface area contributed by atoms with E-state index in [4.69, 9.17) is 4.74 Å². The SMILES string of the molecule is CCNC(c1ccc(F)cc1)c1cncc(OC)c1. The van der Waals surface area contributed by atoms with Crippen LogP contribution in [0.25, 0.3) is 0 Å². The number of hydrogen-bond donors (Lipinski definition) is 1. The van der Waals surface area contributed by atoms with Crippen LogP contribution in [0.3, 0.4) is 0 Å². The molecule has 1 N–H and O–H groups in total. The minimum absolute atomic E-state index is 0.0202. The Bertz CT molecular complexity index is 528. The molecule has 2 rings (SSSR count). The second-order valence-corrected chi connectivity index (χ2v) is 4.20. The molecule has 0 spiro atoms. The number of methoxy groups -OCH3 is 1. The topological polar surface area (TPSA) is 34.2 Å². The largest absolute Gasteiger partial charge is 0.495 e. The summed E-state index contributed by atoms with van der Waals surface area (Å²) in [6, 6.07) is 8.40. The zero-order chi connectivity index (χ0) is 13.7. The van der Waals surface area contributed by atoms with E-state index in [9.17, 15) is 4.39 Å². The minimum atomic E-state index is -0.234. The molecule has 0 saturated carbocycles. The molecule has 0 radical (unpaired) electrons. The molecule has 19 heavy (non-hydrogen) atoms. The highest BCUT2D eigenvalue weighted by atomic mass is 19.1. The Hall–Kier alpha value is -1.94. The summed E-state index contributed by atoms with van der Waals surface area (Å²) in [7, 11) is 1.61. The fraction of sp³-hybridized carbons (Fsp3) is 0.267. The molecule has 1 unspecified atom stereocenters. The minimum Gasteiger partial charge on any atom is -0.495 e. The molecule has 4 heteroatoms. The van der Waals surface area contributed by atoms with Gasteiger partial charge in [-0.05, 0) is 35.9 Å². The molecule has 0 amide bonds. The Morgan fingerprint density at radius 1 is 1.21 bits per heavy atom. The lowest BCUT2D eigenvalue weighted by Gasteiger charge is -2.19. The fourth-order valence-electron chi connectivity index (χ4n) is 1.99. The van der Waals surface area contributed by atoms with Crippen LogP contribution in [0.2, 0.25) is 0 Å². The van der Waals surface area contributed by atoms with Crippen molar-refractivity contribution in [1.29, 1.82) is 0 Å². The van der Waals surface area contributed by atoms with Crippen LogP contribution in [0.1, 0.15) is 24.1 Å². The lowest BCUT2D eigenvalue weighted by molar-refractivity contribution is 0.411. The quantitative estimate of drug-likeness (QED) is 0.897. The smallest absolute Gasteiger partial charge is 0.137 e. The average Bonchev–Trinajstić information content (AvgIpc) is 2.46. The Kier molecular flexibility index (Phi) is 4.47. The van der Waals surface area contributed by atoms with Crippen LogP contribution in [-0.4, -0.2) is 18.6 Å². The number of benzene rings is 1. The van der Waals surface area contributed by atoms with Crippen molar-refractivity contribution >= 4 is 0 Å². The molecular formula is C15H17FN2O. The average molecular weight is 260 g/mol. The number of rotatable bonds is 5. The van der Waals surface area contributed by atoms with Crippen LogP contribution in [0.15, 0.2) is 42.7 Å². The number of halogens is 1. The maximum Gasteiger partial charge on any atom is 0.137 e. The number of pyridine rings is 1. The summed E-state index contributed by atoms with van der Waals surface area (Å²) in [5.41, 5.74) is 1.99. The number of nitrogens with zero attached hydrogens (tertiary/aromatic N) is 1. The lowest BCUT2D eigenvalue weighted by atomic mass is 10.00. The summed E-state index contributed by atoms with van der Waals surface area (Å²) in [5, 5.41) is 3.37. The first-order valence-corrected chi connectivity index (χ1v) is 6.22. The predicted octanol–water partition coefficient (Wildman–Crippen LogP) is 2.93. The first kappa shape index (κ1) is 13.5. The maximum absolute atomic E-state index is 13.0. The fourth-order valence-corrected chi connectivity index (χ4v) is 1.99. The molecular weight excluding hydrogens is 243 g/mol. The second-order valence-electron chi connectivity index (χ2n) is 4.20. The van der Waals surface area contributed by atoms with E-state index < -0.39 is 0 Å². The van der Waals surface area contributed by atoms with Crippen molar-refractivity contribution in [3.05, 3.63) is 59.7 Å². The maximum atomic E-state index is 13.0. The van der Waals surface area contributed by atoms with E-state index in [0.717, 1.165) is 17.7 Å². The van der Waals surface area contributed by atoms with Crippen LogP contribution < -0.4 is 10.1 Å². The van der Waals surface area contributed by atoms with Crippen LogP contribution in [0.4, 0.5) is 4.39 Å². The predicted molar refractivity (Wildman–Crippen MR) is 72.7 cm³/mol. The summed E-state index contributed by atoms with van der Waals surface area (Å²) in [6.45, 7) is 2.84. The first-order chi connectivity index (χ1) is 9.24. The van der Waals surface area contributed by atoms with Gasteiger partial charge in [-0.3, -0.25) is 4.98 Å². The molecule has 1 heterocycles. The van der Waals surface area contributed by atoms with Gasteiger partial charge in [-0.15, -0.1) is 0 Å². The Morgan fingerprint density at radius 3 is 2.58 bits per heavy atom. The van der Waals surface area contributed by atoms with Crippen LogP contribution in [-0.2, 0) is 0 Å². The third kappa shape index (κ3) is 3.29. The van der Waals surface area contributed by atoms with Gasteiger partial charge in [0.05, 0.1) is 19.3 Å². The lowest BCUT2D eigenvalue weighted by Crippen LogP contribution is -2.22. The van der Waals surface area contributed by atoms with Gasteiger partial charge < -0.3 is 10.1 Å². The molecule has 0 fully saturated rings. The van der Waals surface area contributed by atoms with Crippen molar-refractivity contribution in [1.82, 2.24) is 10.3 Å². The summed E-state index contributed by atoms with van der Waals surface area (Å²) in [6.07, 6.45) is 3.45. The van der Waals surface area contributed by atoms with Crippen molar-refractivity contribution in [2.24, 2.45) is 0 Å². The van der Waals surface area contributed by atoms with Crippen molar-refractivity contribution in [2.45, 2.75) is 13.0 Å². The van der Waals surface area contributed by atoms with E-state index in [0.29, 0.717) is 5.75 Å². The molecule has 0 saturated heterocycles. The molecule has 0 aliphatic carbocycles. The monoisotopic (exact) mass is 260 g/mol. The van der Waals surface area contributed by atoms with Gasteiger partial charge in [0.25, 0.3) is 0 Å². The number of aromatic nitrogens is 1. The van der Waals surface area contributed by atoms with Crippen molar-refractivity contribution < 1.29 is 9.13 Å². The van der Waals surface area contributed by atoms with Crippen molar-refractivity contribution in [2.75, 3.05) is 13.7 Å². The van der Waals surface area contributed by atoms with Crippen molar-refractivity contribution in [3.63, 3.8) is 0 Å². The van der Waals surface area contributed by atoms with Gasteiger partial charge in [-0.25, -0.2) is 4.39 Å². The van der Waals surface area contributed by atoms with E-state index in [1.807, 2.05) is 13.0 Å². The van der Waals surface area contributed by atoms with Gasteiger partial charge in [0.15, 0.2) is 0 Å². The summed E-state index contributed by atoms with van der Waals surface area (Å²) >= 11 is 0. The summed E-state index contributed by atoms with van der Waals surface area (Å²) in [4.78, 5) is 4.16. The molecule has 100 valence electrons. The Labute approximate surface area is 112 Å². The zero-order valence-electron chi connectivity index (χ0n) is 11.1. The highest BCUT2D eigenvalue weighted by molar-refractivity contribution is 5.34. The highest BCUT2D eigenvalue weighted by Gasteiger charge is 2.14. The molecule has 0 aliphatic rings. The standard InChI is InChI=1S/C15H17FN2O/c1-3-18-15(11-4-6-13(16)7-5-11)12-8-14(19-2)10-17-9-12/h4-10,15,18H,3H2,1-2H3. The Balaban J connectivity index is 2.35. The number of ether oxygens (including phenoxy) is 1. The third-order valence-electron chi connectivity index (χ3n) is 2.91. The third-order valence-corrected chi connectivity index (χ3v) is 2.91. The van der Waals surface area contributed by atoms with Gasteiger partial charge in [0.1, 0.15) is 11.6 Å². The van der Waals surface area contributed by atoms with Crippen molar-refractivity contribution in [3.8, 4) is 5.75 Å². The summed E-state index contributed by atoms with van der Waals surface area (Å²) in [5.74, 6) is 0.477. The number of nitrogens with one attached hydrogen (secondary N) is 1. The highest BCUT2D eigenvalue weighted by Crippen LogP contribution is 2.24. The molecule has 0 bridgehead atoms. The van der Waals surface area contributed by atoms with Gasteiger partial charge in [0.2, 0.25) is 0 Å². The second kappa shape index (κ2) is 6.29. The van der Waals surface area contributed by atoms with E-state index in [-0.39, 0.29) is 11.9 Å². The number of hydrogen-bond acceptors (Lipinski definition) is 3. The molecule has 1 aromatic heterocycles. The summed E-state index contributed by atoms with van der Waals surface area (Å²) < 4.78 is 18.2. The zero-order valence-corrected chi connectivity index (χ0v) is 11.1. The van der Waals surface area contributed by atoms with Crippen LogP contribution in [0.5, 0.6) is 5.75 Å². The molecule has 1 aromatic carbocycles. The Morgan fingerprint density at radius 2 is 1.95 bits per heavy atom. The van der Waals surface area contributed by atoms with E-state index in [1.165, 1.54) is 12.1 Å². The first-order valence-electron chi connectivity index (χ1n) is 6.22. The van der Waals surface area contributed by atoms with E-state index in [2.05, 4.69) is 10.3 Å². The molecule has 0 aliphatic heterocycles. The molecule has 2 aromatic rings.